The van der Waals surface area contributed by atoms with Gasteiger partial charge in [-0.2, -0.15) is 13.2 Å². The molecule has 1 aromatic rings. The van der Waals surface area contributed by atoms with Gasteiger partial charge in [0.25, 0.3) is 0 Å². The SMILES string of the molecule is CCC(N)c1ccsc1C(F)(F)F. The molecule has 0 aliphatic carbocycles. The molecular formula is C8H10F3NS. The second-order valence-electron chi connectivity index (χ2n) is 2.72. The molecule has 13 heavy (non-hydrogen) atoms. The molecule has 1 atom stereocenters. The molecule has 2 N–H and O–H groups in total. The molecule has 0 amide bonds. The van der Waals surface area contributed by atoms with Crippen molar-refractivity contribution in [1.82, 2.24) is 0 Å². The van der Waals surface area contributed by atoms with Gasteiger partial charge in [-0.1, -0.05) is 6.92 Å². The maximum Gasteiger partial charge on any atom is 0.425 e. The average molecular weight is 209 g/mol. The summed E-state index contributed by atoms with van der Waals surface area (Å²) in [7, 11) is 0. The lowest BCUT2D eigenvalue weighted by atomic mass is 10.1. The highest BCUT2D eigenvalue weighted by Crippen LogP contribution is 2.38. The standard InChI is InChI=1S/C8H10F3NS/c1-2-6(12)5-3-4-13-7(5)8(9,10)11/h3-4,6H,2,12H2,1H3. The van der Waals surface area contributed by atoms with Crippen LogP contribution in [0.1, 0.15) is 29.8 Å². The second-order valence-corrected chi connectivity index (χ2v) is 3.63. The molecule has 0 radical (unpaired) electrons. The average Bonchev–Trinajstić information content (AvgIpc) is 2.49. The normalized spacial score (nSPS) is 14.5. The van der Waals surface area contributed by atoms with Crippen molar-refractivity contribution < 1.29 is 13.2 Å². The Bertz CT molecular complexity index is 279. The summed E-state index contributed by atoms with van der Waals surface area (Å²) in [6.07, 6.45) is -3.75. The van der Waals surface area contributed by atoms with Crippen LogP contribution in [-0.2, 0) is 6.18 Å². The molecule has 0 bridgehead atoms. The molecule has 1 unspecified atom stereocenters. The smallest absolute Gasteiger partial charge is 0.324 e. The minimum Gasteiger partial charge on any atom is -0.324 e. The van der Waals surface area contributed by atoms with Crippen LogP contribution in [0.4, 0.5) is 13.2 Å². The van der Waals surface area contributed by atoms with Gasteiger partial charge in [-0.15, -0.1) is 11.3 Å². The van der Waals surface area contributed by atoms with Crippen molar-refractivity contribution in [2.24, 2.45) is 5.73 Å². The van der Waals surface area contributed by atoms with Crippen molar-refractivity contribution in [3.05, 3.63) is 21.9 Å². The number of thiophene rings is 1. The number of hydrogen-bond acceptors (Lipinski definition) is 2. The van der Waals surface area contributed by atoms with E-state index in [9.17, 15) is 13.2 Å². The van der Waals surface area contributed by atoms with E-state index < -0.39 is 17.1 Å². The molecule has 0 spiro atoms. The summed E-state index contributed by atoms with van der Waals surface area (Å²) in [5.41, 5.74) is 5.75. The third kappa shape index (κ3) is 2.22. The van der Waals surface area contributed by atoms with Gasteiger partial charge in [-0.25, -0.2) is 0 Å². The molecule has 1 rings (SSSR count). The molecule has 0 saturated heterocycles. The number of halogens is 3. The van der Waals surface area contributed by atoms with Gasteiger partial charge in [0.05, 0.1) is 0 Å². The zero-order valence-corrected chi connectivity index (χ0v) is 7.88. The molecule has 1 aromatic heterocycles. The van der Waals surface area contributed by atoms with E-state index >= 15 is 0 Å². The van der Waals surface area contributed by atoms with Crippen LogP contribution in [0, 0.1) is 0 Å². The molecule has 0 aromatic carbocycles. The first-order valence-electron chi connectivity index (χ1n) is 3.87. The molecule has 5 heteroatoms. The Balaban J connectivity index is 3.03. The lowest BCUT2D eigenvalue weighted by Gasteiger charge is -2.11. The van der Waals surface area contributed by atoms with E-state index in [1.54, 1.807) is 6.92 Å². The second kappa shape index (κ2) is 3.67. The van der Waals surface area contributed by atoms with E-state index in [2.05, 4.69) is 0 Å². The van der Waals surface area contributed by atoms with E-state index in [0.717, 1.165) is 0 Å². The number of rotatable bonds is 2. The van der Waals surface area contributed by atoms with Gasteiger partial charge >= 0.3 is 6.18 Å². The third-order valence-electron chi connectivity index (χ3n) is 1.79. The summed E-state index contributed by atoms with van der Waals surface area (Å²) >= 11 is 0.695. The van der Waals surface area contributed by atoms with Crippen molar-refractivity contribution in [2.75, 3.05) is 0 Å². The molecule has 0 aliphatic rings. The molecular weight excluding hydrogens is 199 g/mol. The Morgan fingerprint density at radius 2 is 2.15 bits per heavy atom. The largest absolute Gasteiger partial charge is 0.425 e. The Labute approximate surface area is 78.4 Å². The van der Waals surface area contributed by atoms with Gasteiger partial charge in [0.2, 0.25) is 0 Å². The van der Waals surface area contributed by atoms with Gasteiger partial charge in [0.1, 0.15) is 4.88 Å². The highest BCUT2D eigenvalue weighted by molar-refractivity contribution is 7.10. The van der Waals surface area contributed by atoms with Crippen molar-refractivity contribution in [1.29, 1.82) is 0 Å². The molecule has 74 valence electrons. The maximum atomic E-state index is 12.3. The number of hydrogen-bond donors (Lipinski definition) is 1. The zero-order valence-electron chi connectivity index (χ0n) is 7.06. The summed E-state index contributed by atoms with van der Waals surface area (Å²) in [6.45, 7) is 1.77. The van der Waals surface area contributed by atoms with Gasteiger partial charge in [0.15, 0.2) is 0 Å². The first-order valence-corrected chi connectivity index (χ1v) is 4.75. The third-order valence-corrected chi connectivity index (χ3v) is 2.77. The van der Waals surface area contributed by atoms with Crippen molar-refractivity contribution >= 4 is 11.3 Å². The van der Waals surface area contributed by atoms with E-state index in [1.807, 2.05) is 0 Å². The Morgan fingerprint density at radius 3 is 2.62 bits per heavy atom. The van der Waals surface area contributed by atoms with Crippen molar-refractivity contribution in [3.63, 3.8) is 0 Å². The maximum absolute atomic E-state index is 12.3. The summed E-state index contributed by atoms with van der Waals surface area (Å²) in [4.78, 5) is -0.568. The van der Waals surface area contributed by atoms with Crippen LogP contribution in [0.3, 0.4) is 0 Å². The summed E-state index contributed by atoms with van der Waals surface area (Å²) < 4.78 is 37.0. The Hall–Kier alpha value is -0.550. The van der Waals surface area contributed by atoms with Crippen LogP contribution >= 0.6 is 11.3 Å². The Kier molecular flexibility index (Phi) is 2.98. The van der Waals surface area contributed by atoms with Gasteiger partial charge in [-0.05, 0) is 23.4 Å². The molecule has 0 aliphatic heterocycles. The first kappa shape index (κ1) is 10.5. The monoisotopic (exact) mass is 209 g/mol. The zero-order chi connectivity index (χ0) is 10.1. The van der Waals surface area contributed by atoms with Crippen molar-refractivity contribution in [3.8, 4) is 0 Å². The van der Waals surface area contributed by atoms with E-state index in [4.69, 9.17) is 5.73 Å². The Morgan fingerprint density at radius 1 is 1.54 bits per heavy atom. The van der Waals surface area contributed by atoms with Crippen LogP contribution < -0.4 is 5.73 Å². The van der Waals surface area contributed by atoms with E-state index in [-0.39, 0.29) is 5.56 Å². The van der Waals surface area contributed by atoms with Crippen LogP contribution in [0.2, 0.25) is 0 Å². The summed E-state index contributed by atoms with van der Waals surface area (Å²) in [5.74, 6) is 0. The summed E-state index contributed by atoms with van der Waals surface area (Å²) in [6, 6.07) is 0.935. The van der Waals surface area contributed by atoms with Gasteiger partial charge in [0, 0.05) is 6.04 Å². The topological polar surface area (TPSA) is 26.0 Å². The van der Waals surface area contributed by atoms with Crippen LogP contribution in [-0.4, -0.2) is 0 Å². The number of alkyl halides is 3. The van der Waals surface area contributed by atoms with Crippen molar-refractivity contribution in [2.45, 2.75) is 25.6 Å². The predicted molar refractivity (Wildman–Crippen MR) is 46.5 cm³/mol. The minimum absolute atomic E-state index is 0.208. The fourth-order valence-electron chi connectivity index (χ4n) is 1.06. The van der Waals surface area contributed by atoms with Crippen LogP contribution in [0.15, 0.2) is 11.4 Å². The molecule has 0 fully saturated rings. The van der Waals surface area contributed by atoms with E-state index in [1.165, 1.54) is 11.4 Å². The summed E-state index contributed by atoms with van der Waals surface area (Å²) in [5, 5.41) is 1.42. The van der Waals surface area contributed by atoms with Crippen LogP contribution in [0.25, 0.3) is 0 Å². The van der Waals surface area contributed by atoms with Crippen LogP contribution in [0.5, 0.6) is 0 Å². The fourth-order valence-corrected chi connectivity index (χ4v) is 1.90. The molecule has 1 nitrogen and oxygen atoms in total. The first-order chi connectivity index (χ1) is 5.96. The molecule has 1 heterocycles. The lowest BCUT2D eigenvalue weighted by Crippen LogP contribution is -2.14. The highest BCUT2D eigenvalue weighted by Gasteiger charge is 2.35. The predicted octanol–water partition coefficient (Wildman–Crippen LogP) is 3.18. The van der Waals surface area contributed by atoms with E-state index in [0.29, 0.717) is 17.8 Å². The molecule has 0 saturated carbocycles. The fraction of sp³-hybridized carbons (Fsp3) is 0.500. The lowest BCUT2D eigenvalue weighted by molar-refractivity contribution is -0.135. The highest BCUT2D eigenvalue weighted by atomic mass is 32.1. The van der Waals surface area contributed by atoms with Gasteiger partial charge in [-0.3, -0.25) is 0 Å². The number of nitrogens with two attached hydrogens (primary N) is 1. The quantitative estimate of drug-likeness (QED) is 0.795. The minimum atomic E-state index is -4.27. The van der Waals surface area contributed by atoms with Gasteiger partial charge < -0.3 is 5.73 Å².